The van der Waals surface area contributed by atoms with Crippen LogP contribution >= 0.6 is 11.6 Å². The quantitative estimate of drug-likeness (QED) is 0.484. The van der Waals surface area contributed by atoms with Crippen LogP contribution in [0.15, 0.2) is 35.3 Å². The molecule has 192 valence electrons. The van der Waals surface area contributed by atoms with E-state index in [1.54, 1.807) is 0 Å². The van der Waals surface area contributed by atoms with Crippen LogP contribution in [0, 0.1) is 5.41 Å². The van der Waals surface area contributed by atoms with Gasteiger partial charge in [-0.1, -0.05) is 25.4 Å². The van der Waals surface area contributed by atoms with Gasteiger partial charge in [0, 0.05) is 36.9 Å². The third-order valence-corrected chi connectivity index (χ3v) is 6.73. The number of fused-ring (bicyclic) bond motifs is 1. The lowest BCUT2D eigenvalue weighted by Crippen LogP contribution is -2.40. The molecule has 12 heteroatoms. The molecule has 3 aromatic rings. The molecule has 1 saturated heterocycles. The molecule has 1 aliphatic rings. The highest BCUT2D eigenvalue weighted by Gasteiger charge is 2.43. The summed E-state index contributed by atoms with van der Waals surface area (Å²) in [5, 5.41) is 11.5. The molecule has 0 amide bonds. The summed E-state index contributed by atoms with van der Waals surface area (Å²) >= 11 is 6.16. The molecular formula is C24H25ClF3N5O3. The van der Waals surface area contributed by atoms with Crippen LogP contribution in [0.4, 0.5) is 24.9 Å². The van der Waals surface area contributed by atoms with Crippen molar-refractivity contribution >= 4 is 40.2 Å². The summed E-state index contributed by atoms with van der Waals surface area (Å²) < 4.78 is 44.5. The number of benzene rings is 1. The highest BCUT2D eigenvalue weighted by Crippen LogP contribution is 2.40. The Morgan fingerprint density at radius 1 is 1.25 bits per heavy atom. The standard InChI is InChI=1S/C24H25ClF3N5O3/c1-23(2)6-9-33(10-7-23)22-30-17-15(11-13(25)12-16(17)20(34)32(22)3)18(24(26,27)28)31-19-14(21(35)36)5-4-8-29-19/h4-5,8,11-12,18H,6-7,9-10H2,1-3H3,(H,29,31)(H,35,36). The minimum Gasteiger partial charge on any atom is -0.478 e. The van der Waals surface area contributed by atoms with E-state index in [1.807, 2.05) is 4.90 Å². The third kappa shape index (κ3) is 4.97. The monoisotopic (exact) mass is 523 g/mol. The fourth-order valence-corrected chi connectivity index (χ4v) is 4.56. The summed E-state index contributed by atoms with van der Waals surface area (Å²) in [6.45, 7) is 5.47. The number of alkyl halides is 3. The molecule has 1 unspecified atom stereocenters. The number of carboxylic acid groups (broad SMARTS) is 1. The van der Waals surface area contributed by atoms with Gasteiger partial charge in [-0.05, 0) is 42.5 Å². The zero-order chi connectivity index (χ0) is 26.4. The normalized spacial score (nSPS) is 16.7. The molecule has 3 heterocycles. The summed E-state index contributed by atoms with van der Waals surface area (Å²) in [7, 11) is 1.52. The lowest BCUT2D eigenvalue weighted by molar-refractivity contribution is -0.143. The van der Waals surface area contributed by atoms with E-state index in [1.165, 1.54) is 29.9 Å². The largest absolute Gasteiger partial charge is 0.478 e. The molecule has 0 aliphatic carbocycles. The third-order valence-electron chi connectivity index (χ3n) is 6.51. The van der Waals surface area contributed by atoms with Crippen molar-refractivity contribution in [2.24, 2.45) is 12.5 Å². The lowest BCUT2D eigenvalue weighted by Gasteiger charge is -2.38. The highest BCUT2D eigenvalue weighted by molar-refractivity contribution is 6.31. The molecule has 4 rings (SSSR count). The number of pyridine rings is 1. The van der Waals surface area contributed by atoms with Crippen molar-refractivity contribution in [3.8, 4) is 0 Å². The van der Waals surface area contributed by atoms with E-state index in [4.69, 9.17) is 11.6 Å². The Balaban J connectivity index is 1.90. The molecule has 2 N–H and O–H groups in total. The summed E-state index contributed by atoms with van der Waals surface area (Å²) in [5.41, 5.74) is -1.42. The van der Waals surface area contributed by atoms with Gasteiger partial charge in [0.2, 0.25) is 5.95 Å². The van der Waals surface area contributed by atoms with E-state index in [2.05, 4.69) is 29.1 Å². The molecule has 0 radical (unpaired) electrons. The first-order valence-corrected chi connectivity index (χ1v) is 11.6. The molecular weight excluding hydrogens is 499 g/mol. The minimum absolute atomic E-state index is 0.0726. The first kappa shape index (κ1) is 25.7. The van der Waals surface area contributed by atoms with Crippen LogP contribution in [0.25, 0.3) is 10.9 Å². The van der Waals surface area contributed by atoms with Crippen LogP contribution in [0.2, 0.25) is 5.02 Å². The maximum atomic E-state index is 14.4. The van der Waals surface area contributed by atoms with Crippen molar-refractivity contribution in [1.82, 2.24) is 14.5 Å². The number of aromatic carboxylic acids is 1. The first-order valence-electron chi connectivity index (χ1n) is 11.3. The van der Waals surface area contributed by atoms with Gasteiger partial charge < -0.3 is 15.3 Å². The Bertz CT molecular complexity index is 1380. The number of carbonyl (C=O) groups is 1. The summed E-state index contributed by atoms with van der Waals surface area (Å²) in [6, 6.07) is 2.40. The van der Waals surface area contributed by atoms with Crippen LogP contribution in [-0.2, 0) is 7.05 Å². The molecule has 1 aromatic carbocycles. The molecule has 2 aromatic heterocycles. The average Bonchev–Trinajstić information content (AvgIpc) is 2.79. The number of hydrogen-bond acceptors (Lipinski definition) is 6. The topological polar surface area (TPSA) is 100 Å². The Hall–Kier alpha value is -3.34. The minimum atomic E-state index is -4.90. The van der Waals surface area contributed by atoms with Gasteiger partial charge in [0.15, 0.2) is 6.04 Å². The highest BCUT2D eigenvalue weighted by atomic mass is 35.5. The van der Waals surface area contributed by atoms with E-state index in [9.17, 15) is 27.9 Å². The van der Waals surface area contributed by atoms with E-state index in [0.29, 0.717) is 13.1 Å². The van der Waals surface area contributed by atoms with Crippen LogP contribution in [-0.4, -0.2) is 44.9 Å². The Morgan fingerprint density at radius 3 is 2.53 bits per heavy atom. The predicted octanol–water partition coefficient (Wildman–Crippen LogP) is 5.02. The van der Waals surface area contributed by atoms with Gasteiger partial charge in [-0.2, -0.15) is 13.2 Å². The van der Waals surface area contributed by atoms with Gasteiger partial charge in [-0.3, -0.25) is 9.36 Å². The summed E-state index contributed by atoms with van der Waals surface area (Å²) in [5.74, 6) is -1.65. The molecule has 0 spiro atoms. The van der Waals surface area contributed by atoms with Crippen LogP contribution in [0.1, 0.15) is 48.7 Å². The molecule has 0 bridgehead atoms. The number of anilines is 2. The lowest BCUT2D eigenvalue weighted by atomic mass is 9.83. The van der Waals surface area contributed by atoms with Gasteiger partial charge >= 0.3 is 12.1 Å². The maximum Gasteiger partial charge on any atom is 0.412 e. The van der Waals surface area contributed by atoms with E-state index in [-0.39, 0.29) is 27.3 Å². The average molecular weight is 524 g/mol. The molecule has 1 atom stereocenters. The Morgan fingerprint density at radius 2 is 1.92 bits per heavy atom. The first-order chi connectivity index (χ1) is 16.8. The smallest absolute Gasteiger partial charge is 0.412 e. The number of nitrogens with zero attached hydrogens (tertiary/aromatic N) is 4. The SMILES string of the molecule is Cn1c(N2CCC(C)(C)CC2)nc2c(C(Nc3ncccc3C(=O)O)C(F)(F)F)cc(Cl)cc2c1=O. The summed E-state index contributed by atoms with van der Waals surface area (Å²) in [6.07, 6.45) is -2.05. The molecule has 0 saturated carbocycles. The van der Waals surface area contributed by atoms with Gasteiger partial charge in [0.05, 0.1) is 10.9 Å². The van der Waals surface area contributed by atoms with Crippen molar-refractivity contribution in [1.29, 1.82) is 0 Å². The molecule has 8 nitrogen and oxygen atoms in total. The summed E-state index contributed by atoms with van der Waals surface area (Å²) in [4.78, 5) is 35.0. The van der Waals surface area contributed by atoms with Crippen molar-refractivity contribution in [3.05, 3.63) is 57.0 Å². The van der Waals surface area contributed by atoms with Crippen LogP contribution in [0.5, 0.6) is 0 Å². The number of carboxylic acids is 1. The Labute approximate surface area is 209 Å². The van der Waals surface area contributed by atoms with Crippen molar-refractivity contribution < 1.29 is 23.1 Å². The van der Waals surface area contributed by atoms with E-state index < -0.39 is 40.7 Å². The molecule has 1 fully saturated rings. The zero-order valence-electron chi connectivity index (χ0n) is 19.9. The molecule has 36 heavy (non-hydrogen) atoms. The fraction of sp³-hybridized carbons (Fsp3) is 0.417. The number of rotatable bonds is 5. The zero-order valence-corrected chi connectivity index (χ0v) is 20.6. The van der Waals surface area contributed by atoms with E-state index >= 15 is 0 Å². The van der Waals surface area contributed by atoms with Crippen molar-refractivity contribution in [3.63, 3.8) is 0 Å². The predicted molar refractivity (Wildman–Crippen MR) is 131 cm³/mol. The van der Waals surface area contributed by atoms with Gasteiger partial charge in [-0.15, -0.1) is 0 Å². The van der Waals surface area contributed by atoms with Gasteiger partial charge in [0.1, 0.15) is 11.4 Å². The Kier molecular flexibility index (Phi) is 6.63. The van der Waals surface area contributed by atoms with Crippen LogP contribution < -0.4 is 15.8 Å². The van der Waals surface area contributed by atoms with Gasteiger partial charge in [-0.25, -0.2) is 14.8 Å². The van der Waals surface area contributed by atoms with Crippen LogP contribution in [0.3, 0.4) is 0 Å². The number of piperidine rings is 1. The van der Waals surface area contributed by atoms with E-state index in [0.717, 1.165) is 25.0 Å². The number of nitrogens with one attached hydrogen (secondary N) is 1. The van der Waals surface area contributed by atoms with Crippen molar-refractivity contribution in [2.45, 2.75) is 38.9 Å². The fourth-order valence-electron chi connectivity index (χ4n) is 4.34. The molecule has 1 aliphatic heterocycles. The second-order valence-electron chi connectivity index (χ2n) is 9.64. The number of halogens is 4. The second-order valence-corrected chi connectivity index (χ2v) is 10.1. The maximum absolute atomic E-state index is 14.4. The second kappa shape index (κ2) is 9.27. The number of hydrogen-bond donors (Lipinski definition) is 2. The van der Waals surface area contributed by atoms with Gasteiger partial charge in [0.25, 0.3) is 5.56 Å². The number of aromatic nitrogens is 3. The van der Waals surface area contributed by atoms with Crippen molar-refractivity contribution in [2.75, 3.05) is 23.3 Å².